The highest BCUT2D eigenvalue weighted by molar-refractivity contribution is 5.81. The van der Waals surface area contributed by atoms with Crippen molar-refractivity contribution in [1.82, 2.24) is 9.47 Å². The van der Waals surface area contributed by atoms with E-state index in [-0.39, 0.29) is 54.8 Å². The van der Waals surface area contributed by atoms with Gasteiger partial charge in [-0.15, -0.1) is 0 Å². The number of ether oxygens (including phenoxy) is 8. The molecule has 0 spiro atoms. The van der Waals surface area contributed by atoms with E-state index in [1.54, 1.807) is 13.2 Å². The van der Waals surface area contributed by atoms with Crippen LogP contribution in [0.4, 0.5) is 14.5 Å². The van der Waals surface area contributed by atoms with Gasteiger partial charge in [0.25, 0.3) is 0 Å². The summed E-state index contributed by atoms with van der Waals surface area (Å²) in [6.07, 6.45) is 10.6. The number of phenolic OH excluding ortho intramolecular Hbond substituents is 2. The monoisotopic (exact) mass is 1900 g/mol. The number of nitrogens with two attached hydrogens (primary N) is 1. The smallest absolute Gasteiger partial charge is 0.157 e. The van der Waals surface area contributed by atoms with Crippen LogP contribution in [-0.2, 0) is 84.2 Å². The van der Waals surface area contributed by atoms with E-state index in [1.165, 1.54) is 111 Å². The molecule has 12 rings (SSSR count). The maximum atomic E-state index is 13.1. The molecule has 1 aliphatic heterocycles. The molecule has 2 heterocycles. The number of hydrogen-bond acceptors (Lipinski definition) is 12. The van der Waals surface area contributed by atoms with Gasteiger partial charge in [-0.2, -0.15) is 0 Å². The van der Waals surface area contributed by atoms with Crippen LogP contribution in [0.15, 0.2) is 219 Å². The third-order valence-electron chi connectivity index (χ3n) is 23.9. The Morgan fingerprint density at radius 1 is 0.362 bits per heavy atom. The number of aryl methyl sites for hydroxylation is 3. The lowest BCUT2D eigenvalue weighted by molar-refractivity contribution is -0.00978. The Labute approximate surface area is 837 Å². The fraction of sp³-hybridized carbons (Fsp3) is 0.545. The minimum absolute atomic E-state index is 0.00514. The highest BCUT2D eigenvalue weighted by Gasteiger charge is 2.27. The van der Waals surface area contributed by atoms with Gasteiger partial charge >= 0.3 is 0 Å². The number of anilines is 1. The van der Waals surface area contributed by atoms with Crippen molar-refractivity contribution in [1.29, 1.82) is 0 Å². The zero-order valence-corrected chi connectivity index (χ0v) is 92.3. The standard InChI is InChI=1S/C21H36O6.C17H27NO2.C13H17N.2C11H16.C10H12F2.C10H15N.C10H14O2.C10H20.C10H14/c1-21(2,3)19-5-7-20(8-6-19)27-18-17-26-16-15-25-14-13-24-12-11-23-10-9-22-4;1-17(2,3)15-5-7-16(8-6-15)20-12-4-9-18-10-13-19-14-11-18;1-13(2,3)11-5-6-12-10(9-11)7-8-14(12)4;2*1-9-5-7-10(8-6-9)11(2,3)4;1-10(2,3)8-5-4-7(11)6-9(8)12;1-10(2,3)8-5-4-6-9(11)7-8;1-10(2,3)7-4-5-8(11)9(12)6-7;2*1-10(2,3)9-7-5-4-6-8-9/h5-8H,9-18H2,1-4H3;5-8H,4,9-14H2,1-3H3;5-9H,1-4H3;2*5-8H,1-4H3;4-6H,1-3H3;4-7H,11H2,1-3H3;4-6,11-12H,1-3H3;9H,4-8H2,1-3H3;4-8H,1-3H3. The molecule has 0 amide bonds. The first-order valence-corrected chi connectivity index (χ1v) is 50.3. The molecular weight excluding hydrogens is 1720 g/mol. The Hall–Kier alpha value is -8.90. The van der Waals surface area contributed by atoms with Crippen LogP contribution in [0.25, 0.3) is 10.9 Å². The average molecular weight is 1910 g/mol. The van der Waals surface area contributed by atoms with Crippen LogP contribution in [0.3, 0.4) is 0 Å². The lowest BCUT2D eigenvalue weighted by Gasteiger charge is -2.33. The Morgan fingerprint density at radius 3 is 1.10 bits per heavy atom. The first-order valence-electron chi connectivity index (χ1n) is 50.3. The highest BCUT2D eigenvalue weighted by atomic mass is 19.1. The number of hydrogen-bond donors (Lipinski definition) is 3. The van der Waals surface area contributed by atoms with Crippen LogP contribution in [0.1, 0.15) is 307 Å². The van der Waals surface area contributed by atoms with Crippen molar-refractivity contribution in [3.63, 3.8) is 0 Å². The maximum absolute atomic E-state index is 13.1. The van der Waals surface area contributed by atoms with Crippen LogP contribution in [0, 0.1) is 36.8 Å². The zero-order chi connectivity index (χ0) is 104. The van der Waals surface area contributed by atoms with Crippen LogP contribution in [0.5, 0.6) is 23.0 Å². The Kier molecular flexibility index (Phi) is 53.4. The van der Waals surface area contributed by atoms with Gasteiger partial charge in [0.1, 0.15) is 29.7 Å². The molecule has 2 aliphatic rings. The van der Waals surface area contributed by atoms with E-state index < -0.39 is 11.6 Å². The number of nitrogens with zero attached hydrogens (tertiary/aromatic N) is 2. The topological polar surface area (TPSA) is 148 Å². The minimum atomic E-state index is -0.527. The summed E-state index contributed by atoms with van der Waals surface area (Å²) < 4.78 is 71.1. The first kappa shape index (κ1) is 123. The van der Waals surface area contributed by atoms with E-state index in [0.29, 0.717) is 82.5 Å². The highest BCUT2D eigenvalue weighted by Crippen LogP contribution is 2.38. The molecule has 9 aromatic carbocycles. The molecule has 1 aromatic heterocycles. The Balaban J connectivity index is 0.000000402. The number of nitrogen functional groups attached to an aromatic ring is 1. The number of benzene rings is 9. The maximum Gasteiger partial charge on any atom is 0.157 e. The third-order valence-corrected chi connectivity index (χ3v) is 23.9. The van der Waals surface area contributed by atoms with Crippen LogP contribution in [0.2, 0.25) is 0 Å². The van der Waals surface area contributed by atoms with Crippen molar-refractivity contribution in [3.8, 4) is 23.0 Å². The summed E-state index contributed by atoms with van der Waals surface area (Å²) in [6, 6.07) is 70.3. The van der Waals surface area contributed by atoms with Crippen molar-refractivity contribution < 1.29 is 56.9 Å². The minimum Gasteiger partial charge on any atom is -0.504 e. The lowest BCUT2D eigenvalue weighted by atomic mass is 9.72. The van der Waals surface area contributed by atoms with E-state index in [0.717, 1.165) is 80.6 Å². The second-order valence-electron chi connectivity index (χ2n) is 46.7. The SMILES string of the molecule is CC(C)(C)C1CCCCC1.CC(C)(C)c1ccc(F)cc1F.CC(C)(C)c1ccc(O)c(O)c1.CC(C)(C)c1ccc(OCCCN2CCOCC2)cc1.CC(C)(C)c1cccc(N)c1.CC(C)(C)c1ccccc1.COCCOCCOCCOCCOCCOc1ccc(C(C)(C)C)cc1.Cc1ccc(C(C)(C)C)cc1.Cc1ccc(C(C)(C)C)cc1.Cn1ccc2cc(C(C)(C)C)ccc21. The molecule has 138 heavy (non-hydrogen) atoms. The van der Waals surface area contributed by atoms with Gasteiger partial charge in [0, 0.05) is 57.3 Å². The molecule has 1 aliphatic carbocycles. The predicted molar refractivity (Wildman–Crippen MR) is 584 cm³/mol. The molecule has 1 saturated heterocycles. The number of fused-ring (bicyclic) bond motifs is 1. The van der Waals surface area contributed by atoms with Crippen LogP contribution in [-0.4, -0.2) is 132 Å². The predicted octanol–water partition coefficient (Wildman–Crippen LogP) is 31.0. The van der Waals surface area contributed by atoms with Gasteiger partial charge in [-0.3, -0.25) is 4.90 Å². The van der Waals surface area contributed by atoms with Gasteiger partial charge in [-0.1, -0.05) is 372 Å². The number of morpholine rings is 1. The van der Waals surface area contributed by atoms with Gasteiger partial charge in [0.2, 0.25) is 0 Å². The lowest BCUT2D eigenvalue weighted by Crippen LogP contribution is -2.37. The van der Waals surface area contributed by atoms with Crippen LogP contribution < -0.4 is 15.2 Å². The normalized spacial score (nSPS) is 13.3. The fourth-order valence-electron chi connectivity index (χ4n) is 14.4. The van der Waals surface area contributed by atoms with Crippen molar-refractivity contribution in [2.75, 3.05) is 118 Å². The second-order valence-corrected chi connectivity index (χ2v) is 46.7. The van der Waals surface area contributed by atoms with Crippen molar-refractivity contribution in [2.24, 2.45) is 18.4 Å². The van der Waals surface area contributed by atoms with E-state index in [2.05, 4.69) is 369 Å². The molecule has 10 aromatic rings. The number of aromatic nitrogens is 1. The Morgan fingerprint density at radius 2 is 0.732 bits per heavy atom. The number of halogens is 2. The number of aromatic hydroxyl groups is 2. The molecule has 0 atom stereocenters. The molecular formula is C123H187F2N3O10. The summed E-state index contributed by atoms with van der Waals surface area (Å²) in [5, 5.41) is 19.6. The summed E-state index contributed by atoms with van der Waals surface area (Å²) in [5.41, 5.74) is 23.5. The number of methoxy groups -OCH3 is 1. The summed E-state index contributed by atoms with van der Waals surface area (Å²) in [7, 11) is 3.73. The van der Waals surface area contributed by atoms with Crippen LogP contribution >= 0.6 is 0 Å². The molecule has 13 nitrogen and oxygen atoms in total. The van der Waals surface area contributed by atoms with E-state index in [4.69, 9.17) is 48.7 Å². The number of rotatable bonds is 21. The molecule has 0 unspecified atom stereocenters. The molecule has 0 bridgehead atoms. The third kappa shape index (κ3) is 52.0. The summed E-state index contributed by atoms with van der Waals surface area (Å²) >= 11 is 0. The van der Waals surface area contributed by atoms with E-state index >= 15 is 0 Å². The molecule has 15 heteroatoms. The molecule has 0 radical (unpaired) electrons. The van der Waals surface area contributed by atoms with Crippen molar-refractivity contribution in [2.45, 2.75) is 309 Å². The average Bonchev–Trinajstić information content (AvgIpc) is 1.68. The summed E-state index contributed by atoms with van der Waals surface area (Å²) in [5.74, 6) is 1.72. The summed E-state index contributed by atoms with van der Waals surface area (Å²) in [4.78, 5) is 2.44. The molecule has 2 fully saturated rings. The fourth-order valence-corrected chi connectivity index (χ4v) is 14.4. The van der Waals surface area contributed by atoms with Gasteiger partial charge < -0.3 is 58.4 Å². The first-order chi connectivity index (χ1) is 64.1. The molecule has 4 N–H and O–H groups in total. The molecule has 1 saturated carbocycles. The van der Waals surface area contributed by atoms with Gasteiger partial charge in [0.15, 0.2) is 11.5 Å². The largest absolute Gasteiger partial charge is 0.504 e. The van der Waals surface area contributed by atoms with Gasteiger partial charge in [-0.25, -0.2) is 8.78 Å². The second kappa shape index (κ2) is 59.8. The van der Waals surface area contributed by atoms with Crippen molar-refractivity contribution in [3.05, 3.63) is 291 Å². The Bertz CT molecular complexity index is 4850. The van der Waals surface area contributed by atoms with Crippen molar-refractivity contribution >= 4 is 16.6 Å². The zero-order valence-electron chi connectivity index (χ0n) is 92.3. The van der Waals surface area contributed by atoms with Gasteiger partial charge in [-0.05, 0) is 221 Å². The molecule has 768 valence electrons. The quantitative estimate of drug-likeness (QED) is 0.0357. The summed E-state index contributed by atoms with van der Waals surface area (Å²) in [6.45, 7) is 81.2. The van der Waals surface area contributed by atoms with E-state index in [9.17, 15) is 13.9 Å². The van der Waals surface area contributed by atoms with E-state index in [1.807, 2.05) is 57.2 Å². The number of phenols is 2. The van der Waals surface area contributed by atoms with Gasteiger partial charge in [0.05, 0.1) is 79.3 Å².